The molecule has 0 unspecified atom stereocenters. The van der Waals surface area contributed by atoms with Crippen LogP contribution in [-0.2, 0) is 5.41 Å². The van der Waals surface area contributed by atoms with Gasteiger partial charge in [-0.3, -0.25) is 9.89 Å². The van der Waals surface area contributed by atoms with E-state index in [4.69, 9.17) is 5.73 Å². The van der Waals surface area contributed by atoms with E-state index in [1.54, 1.807) is 6.07 Å². The molecule has 0 atom stereocenters. The lowest BCUT2D eigenvalue weighted by atomic mass is 9.92. The van der Waals surface area contributed by atoms with E-state index in [0.717, 1.165) is 16.8 Å². The Morgan fingerprint density at radius 3 is 2.43 bits per heavy atom. The molecule has 1 heterocycles. The molecule has 5 nitrogen and oxygen atoms in total. The Kier molecular flexibility index (Phi) is 3.77. The number of aryl methyl sites for hydroxylation is 2. The predicted molar refractivity (Wildman–Crippen MR) is 85.6 cm³/mol. The number of amides is 1. The second-order valence-electron chi connectivity index (χ2n) is 6.39. The Bertz CT molecular complexity index is 680. The lowest BCUT2D eigenvalue weighted by Gasteiger charge is -2.14. The number of nitrogens with two attached hydrogens (primary N) is 1. The number of carbonyl (C=O) groups excluding carboxylic acids is 1. The van der Waals surface area contributed by atoms with Crippen molar-refractivity contribution in [2.24, 2.45) is 0 Å². The number of nitrogen functional groups attached to an aromatic ring is 1. The van der Waals surface area contributed by atoms with Gasteiger partial charge in [-0.2, -0.15) is 5.10 Å². The number of aromatic amines is 1. The summed E-state index contributed by atoms with van der Waals surface area (Å²) in [4.78, 5) is 12.3. The van der Waals surface area contributed by atoms with Crippen LogP contribution in [0.1, 0.15) is 48.0 Å². The number of benzene rings is 1. The third-order valence-corrected chi connectivity index (χ3v) is 3.49. The first-order valence-electron chi connectivity index (χ1n) is 6.92. The Labute approximate surface area is 124 Å². The molecule has 0 bridgehead atoms. The van der Waals surface area contributed by atoms with Gasteiger partial charge in [-0.05, 0) is 31.0 Å². The minimum absolute atomic E-state index is 0.0415. The quantitative estimate of drug-likeness (QED) is 0.741. The van der Waals surface area contributed by atoms with Crippen LogP contribution in [0.15, 0.2) is 18.2 Å². The summed E-state index contributed by atoms with van der Waals surface area (Å²) in [6.45, 7) is 10.1. The lowest BCUT2D eigenvalue weighted by Crippen LogP contribution is -2.14. The smallest absolute Gasteiger partial charge is 0.257 e. The number of hydrogen-bond acceptors (Lipinski definition) is 3. The van der Waals surface area contributed by atoms with Crippen LogP contribution in [0.5, 0.6) is 0 Å². The van der Waals surface area contributed by atoms with Gasteiger partial charge in [0.25, 0.3) is 5.91 Å². The molecule has 0 saturated heterocycles. The number of hydrogen-bond donors (Lipinski definition) is 3. The van der Waals surface area contributed by atoms with Crippen LogP contribution >= 0.6 is 0 Å². The number of carbonyl (C=O) groups is 1. The average Bonchev–Trinajstić information content (AvgIpc) is 2.82. The number of H-pyrrole nitrogens is 1. The molecule has 21 heavy (non-hydrogen) atoms. The predicted octanol–water partition coefficient (Wildman–Crippen LogP) is 3.16. The van der Waals surface area contributed by atoms with Gasteiger partial charge in [-0.25, -0.2) is 0 Å². The molecule has 2 aromatic rings. The zero-order chi connectivity index (χ0) is 15.8. The molecule has 2 rings (SSSR count). The Morgan fingerprint density at radius 1 is 1.19 bits per heavy atom. The fourth-order valence-electron chi connectivity index (χ4n) is 2.07. The fraction of sp³-hybridized carbons (Fsp3) is 0.375. The first-order chi connectivity index (χ1) is 9.68. The Morgan fingerprint density at radius 2 is 1.86 bits per heavy atom. The molecule has 1 amide bonds. The molecule has 0 fully saturated rings. The summed E-state index contributed by atoms with van der Waals surface area (Å²) in [5.74, 6) is 0.314. The van der Waals surface area contributed by atoms with Gasteiger partial charge in [0.1, 0.15) is 0 Å². The van der Waals surface area contributed by atoms with Crippen molar-refractivity contribution in [1.29, 1.82) is 0 Å². The van der Waals surface area contributed by atoms with E-state index >= 15 is 0 Å². The highest BCUT2D eigenvalue weighted by Gasteiger charge is 2.18. The molecule has 1 aromatic carbocycles. The molecule has 0 aliphatic carbocycles. The number of anilines is 2. The highest BCUT2D eigenvalue weighted by Crippen LogP contribution is 2.23. The van der Waals surface area contributed by atoms with Crippen LogP contribution in [0.25, 0.3) is 0 Å². The fourth-order valence-corrected chi connectivity index (χ4v) is 2.07. The molecule has 0 spiro atoms. The summed E-state index contributed by atoms with van der Waals surface area (Å²) >= 11 is 0. The van der Waals surface area contributed by atoms with Crippen LogP contribution in [-0.4, -0.2) is 16.1 Å². The maximum absolute atomic E-state index is 12.3. The zero-order valence-electron chi connectivity index (χ0n) is 13.2. The minimum Gasteiger partial charge on any atom is -0.398 e. The first-order valence-corrected chi connectivity index (χ1v) is 6.92. The van der Waals surface area contributed by atoms with Gasteiger partial charge in [0.15, 0.2) is 5.82 Å². The highest BCUT2D eigenvalue weighted by atomic mass is 16.1. The SMILES string of the molecule is Cc1cc(C)c(C(=O)Nc2cc(C(C)(C)C)[nH]n2)cc1N. The van der Waals surface area contributed by atoms with Crippen molar-refractivity contribution in [2.45, 2.75) is 40.0 Å². The van der Waals surface area contributed by atoms with E-state index in [2.05, 4.69) is 36.3 Å². The van der Waals surface area contributed by atoms with E-state index in [1.165, 1.54) is 0 Å². The van der Waals surface area contributed by atoms with Gasteiger partial charge >= 0.3 is 0 Å². The Hall–Kier alpha value is -2.30. The molecule has 4 N–H and O–H groups in total. The zero-order valence-corrected chi connectivity index (χ0v) is 13.2. The van der Waals surface area contributed by atoms with Gasteiger partial charge in [0.05, 0.1) is 0 Å². The molecule has 112 valence electrons. The van der Waals surface area contributed by atoms with Crippen molar-refractivity contribution in [1.82, 2.24) is 10.2 Å². The standard InChI is InChI=1S/C16H22N4O/c1-9-6-10(2)12(17)7-11(9)15(21)18-14-8-13(19-20-14)16(3,4)5/h6-8H,17H2,1-5H3,(H2,18,19,20,21). The molecular formula is C16H22N4O. The summed E-state index contributed by atoms with van der Waals surface area (Å²) in [6.07, 6.45) is 0. The monoisotopic (exact) mass is 286 g/mol. The molecular weight excluding hydrogens is 264 g/mol. The van der Waals surface area contributed by atoms with Gasteiger partial charge in [-0.1, -0.05) is 26.8 Å². The largest absolute Gasteiger partial charge is 0.398 e. The summed E-state index contributed by atoms with van der Waals surface area (Å²) in [5.41, 5.74) is 9.86. The summed E-state index contributed by atoms with van der Waals surface area (Å²) in [7, 11) is 0. The molecule has 5 heteroatoms. The van der Waals surface area contributed by atoms with Crippen LogP contribution in [0.3, 0.4) is 0 Å². The summed E-state index contributed by atoms with van der Waals surface area (Å²) in [5, 5.41) is 9.88. The third-order valence-electron chi connectivity index (χ3n) is 3.49. The van der Waals surface area contributed by atoms with Crippen LogP contribution in [0, 0.1) is 13.8 Å². The van der Waals surface area contributed by atoms with Crippen LogP contribution < -0.4 is 11.1 Å². The van der Waals surface area contributed by atoms with Crippen molar-refractivity contribution >= 4 is 17.4 Å². The van der Waals surface area contributed by atoms with Gasteiger partial charge in [-0.15, -0.1) is 0 Å². The Balaban J connectivity index is 2.22. The topological polar surface area (TPSA) is 83.8 Å². The summed E-state index contributed by atoms with van der Waals surface area (Å²) < 4.78 is 0. The van der Waals surface area contributed by atoms with E-state index in [9.17, 15) is 4.79 Å². The van der Waals surface area contributed by atoms with Crippen LogP contribution in [0.2, 0.25) is 0 Å². The number of nitrogens with one attached hydrogen (secondary N) is 2. The molecule has 1 aromatic heterocycles. The van der Waals surface area contributed by atoms with Gasteiger partial charge in [0.2, 0.25) is 0 Å². The maximum atomic E-state index is 12.3. The second kappa shape index (κ2) is 5.24. The number of aromatic nitrogens is 2. The van der Waals surface area contributed by atoms with Gasteiger partial charge < -0.3 is 11.1 Å². The van der Waals surface area contributed by atoms with Crippen LogP contribution in [0.4, 0.5) is 11.5 Å². The van der Waals surface area contributed by atoms with E-state index in [-0.39, 0.29) is 11.3 Å². The van der Waals surface area contributed by atoms with E-state index in [0.29, 0.717) is 17.1 Å². The lowest BCUT2D eigenvalue weighted by molar-refractivity contribution is 0.102. The molecule has 0 radical (unpaired) electrons. The van der Waals surface area contributed by atoms with E-state index in [1.807, 2.05) is 26.0 Å². The first kappa shape index (κ1) is 15.1. The molecule has 0 saturated carbocycles. The number of nitrogens with zero attached hydrogens (tertiary/aromatic N) is 1. The van der Waals surface area contributed by atoms with Crippen molar-refractivity contribution in [3.05, 3.63) is 40.6 Å². The third kappa shape index (κ3) is 3.24. The van der Waals surface area contributed by atoms with Crippen molar-refractivity contribution in [2.75, 3.05) is 11.1 Å². The minimum atomic E-state index is -0.203. The van der Waals surface area contributed by atoms with Crippen molar-refractivity contribution in [3.8, 4) is 0 Å². The van der Waals surface area contributed by atoms with Gasteiger partial charge in [0, 0.05) is 28.4 Å². The summed E-state index contributed by atoms with van der Waals surface area (Å²) in [6, 6.07) is 5.47. The molecule has 0 aliphatic rings. The number of rotatable bonds is 2. The average molecular weight is 286 g/mol. The molecule has 0 aliphatic heterocycles. The van der Waals surface area contributed by atoms with E-state index < -0.39 is 0 Å². The van der Waals surface area contributed by atoms with Crippen molar-refractivity contribution in [3.63, 3.8) is 0 Å². The normalized spacial score (nSPS) is 11.5. The second-order valence-corrected chi connectivity index (χ2v) is 6.39. The highest BCUT2D eigenvalue weighted by molar-refractivity contribution is 6.05. The maximum Gasteiger partial charge on any atom is 0.257 e. The van der Waals surface area contributed by atoms with Crippen molar-refractivity contribution < 1.29 is 4.79 Å².